The van der Waals surface area contributed by atoms with Crippen molar-refractivity contribution in [3.8, 4) is 0 Å². The average Bonchev–Trinajstić information content (AvgIpc) is 3.19. The molecule has 0 bridgehead atoms. The lowest BCUT2D eigenvalue weighted by atomic mass is 9.96. The molecule has 1 saturated carbocycles. The fraction of sp³-hybridized carbons (Fsp3) is 0.522. The van der Waals surface area contributed by atoms with Crippen LogP contribution < -0.4 is 10.6 Å². The van der Waals surface area contributed by atoms with E-state index < -0.39 is 5.91 Å². The van der Waals surface area contributed by atoms with E-state index in [0.29, 0.717) is 23.8 Å². The molecular weight excluding hydrogens is 462 g/mol. The third kappa shape index (κ3) is 6.29. The summed E-state index contributed by atoms with van der Waals surface area (Å²) in [5.41, 5.74) is 0.575. The largest absolute Gasteiger partial charge is 0.353 e. The summed E-state index contributed by atoms with van der Waals surface area (Å²) in [6.45, 7) is 0.932. The van der Waals surface area contributed by atoms with E-state index in [-0.39, 0.29) is 33.8 Å². The first-order valence-corrected chi connectivity index (χ1v) is 12.7. The van der Waals surface area contributed by atoms with Crippen LogP contribution in [0.5, 0.6) is 0 Å². The molecule has 1 aromatic heterocycles. The highest BCUT2D eigenvalue weighted by atomic mass is 35.5. The molecule has 176 valence electrons. The van der Waals surface area contributed by atoms with Crippen molar-refractivity contribution < 1.29 is 14.4 Å². The first-order chi connectivity index (χ1) is 16.0. The molecule has 2 aliphatic rings. The summed E-state index contributed by atoms with van der Waals surface area (Å²) in [7, 11) is 0. The Morgan fingerprint density at radius 3 is 2.36 bits per heavy atom. The number of amides is 3. The second-order valence-electron chi connectivity index (χ2n) is 8.66. The molecule has 1 aliphatic heterocycles. The molecule has 0 unspecified atom stereocenters. The van der Waals surface area contributed by atoms with E-state index in [1.807, 2.05) is 0 Å². The lowest BCUT2D eigenvalue weighted by molar-refractivity contribution is -0.127. The number of aromatic nitrogens is 2. The number of hydrogen-bond donors (Lipinski definition) is 2. The zero-order valence-corrected chi connectivity index (χ0v) is 20.0. The zero-order chi connectivity index (χ0) is 23.2. The number of carbonyl (C=O) groups is 3. The van der Waals surface area contributed by atoms with Crippen molar-refractivity contribution in [2.45, 2.75) is 57.4 Å². The fourth-order valence-electron chi connectivity index (χ4n) is 4.37. The molecule has 3 amide bonds. The van der Waals surface area contributed by atoms with Crippen molar-refractivity contribution in [2.24, 2.45) is 5.92 Å². The van der Waals surface area contributed by atoms with E-state index in [0.717, 1.165) is 49.9 Å². The molecule has 1 atom stereocenters. The average molecular weight is 490 g/mol. The highest BCUT2D eigenvalue weighted by Crippen LogP contribution is 2.23. The third-order valence-corrected chi connectivity index (χ3v) is 7.35. The Labute approximate surface area is 202 Å². The van der Waals surface area contributed by atoms with Gasteiger partial charge in [0.15, 0.2) is 0 Å². The van der Waals surface area contributed by atoms with E-state index in [1.165, 1.54) is 12.8 Å². The predicted molar refractivity (Wildman–Crippen MR) is 128 cm³/mol. The second kappa shape index (κ2) is 11.1. The lowest BCUT2D eigenvalue weighted by Crippen LogP contribution is -2.47. The van der Waals surface area contributed by atoms with Gasteiger partial charge in [-0.05, 0) is 49.9 Å². The van der Waals surface area contributed by atoms with Crippen LogP contribution in [0.3, 0.4) is 0 Å². The molecule has 0 radical (unpaired) electrons. The number of anilines is 1. The highest BCUT2D eigenvalue weighted by molar-refractivity contribution is 7.15. The molecule has 2 heterocycles. The van der Waals surface area contributed by atoms with Gasteiger partial charge in [0.25, 0.3) is 11.8 Å². The Hall–Kier alpha value is -2.52. The number of carbonyl (C=O) groups excluding carboxylic acids is 3. The molecule has 2 fully saturated rings. The highest BCUT2D eigenvalue weighted by Gasteiger charge is 2.31. The molecule has 1 aromatic carbocycles. The minimum absolute atomic E-state index is 0.0414. The van der Waals surface area contributed by atoms with Gasteiger partial charge in [0.05, 0.1) is 5.92 Å². The van der Waals surface area contributed by atoms with Gasteiger partial charge in [-0.3, -0.25) is 14.4 Å². The van der Waals surface area contributed by atoms with Crippen LogP contribution in [0.4, 0.5) is 5.69 Å². The van der Waals surface area contributed by atoms with Gasteiger partial charge in [-0.15, -0.1) is 10.2 Å². The van der Waals surface area contributed by atoms with E-state index in [1.54, 1.807) is 29.2 Å². The Bertz CT molecular complexity index is 988. The predicted octanol–water partition coefficient (Wildman–Crippen LogP) is 4.14. The summed E-state index contributed by atoms with van der Waals surface area (Å²) in [5.74, 6) is -0.899. The molecule has 2 aromatic rings. The van der Waals surface area contributed by atoms with Crippen LogP contribution in [0, 0.1) is 5.92 Å². The number of piperidine rings is 1. The van der Waals surface area contributed by atoms with Crippen molar-refractivity contribution >= 4 is 46.3 Å². The van der Waals surface area contributed by atoms with Gasteiger partial charge >= 0.3 is 0 Å². The van der Waals surface area contributed by atoms with Crippen LogP contribution in [0.15, 0.2) is 24.3 Å². The number of rotatable bonds is 5. The molecular formula is C23H28ClN5O3S. The normalized spacial score (nSPS) is 19.5. The number of hydrogen-bond acceptors (Lipinski definition) is 6. The Morgan fingerprint density at radius 2 is 1.64 bits per heavy atom. The van der Waals surface area contributed by atoms with Gasteiger partial charge < -0.3 is 15.5 Å². The second-order valence-corrected chi connectivity index (χ2v) is 10.1. The molecule has 4 rings (SSSR count). The van der Waals surface area contributed by atoms with Crippen molar-refractivity contribution in [3.05, 3.63) is 39.3 Å². The summed E-state index contributed by atoms with van der Waals surface area (Å²) < 4.78 is 0. The molecule has 8 nitrogen and oxygen atoms in total. The Kier molecular flexibility index (Phi) is 7.93. The summed E-state index contributed by atoms with van der Waals surface area (Å²) in [6.07, 6.45) is 8.39. The maximum Gasteiger partial charge on any atom is 0.286 e. The fourth-order valence-corrected chi connectivity index (χ4v) is 5.21. The van der Waals surface area contributed by atoms with E-state index >= 15 is 0 Å². The van der Waals surface area contributed by atoms with Crippen LogP contribution >= 0.6 is 22.9 Å². The van der Waals surface area contributed by atoms with Crippen molar-refractivity contribution in [2.75, 3.05) is 18.4 Å². The van der Waals surface area contributed by atoms with Crippen LogP contribution in [-0.4, -0.2) is 52.0 Å². The standard InChI is InChI=1S/C23H28ClN5O3S/c24-16-9-11-18(12-10-16)26-20(31)21-27-28-22(33-21)23(32)29-13-5-6-15(14-29)19(30)25-17-7-3-1-2-4-8-17/h9-12,15,17H,1-8,13-14H2,(H,25,30)(H,26,31)/t15-/m0/s1. The Morgan fingerprint density at radius 1 is 0.939 bits per heavy atom. The van der Waals surface area contributed by atoms with E-state index in [9.17, 15) is 14.4 Å². The molecule has 0 spiro atoms. The number of benzene rings is 1. The topological polar surface area (TPSA) is 104 Å². The third-order valence-electron chi connectivity index (χ3n) is 6.19. The van der Waals surface area contributed by atoms with Gasteiger partial charge in [-0.1, -0.05) is 48.6 Å². The summed E-state index contributed by atoms with van der Waals surface area (Å²) >= 11 is 6.82. The Balaban J connectivity index is 1.33. The SMILES string of the molecule is O=C(Nc1ccc(Cl)cc1)c1nnc(C(=O)N2CCC[C@H](C(=O)NC3CCCCCC3)C2)s1. The van der Waals surface area contributed by atoms with Gasteiger partial charge in [-0.25, -0.2) is 0 Å². The van der Waals surface area contributed by atoms with Gasteiger partial charge in [-0.2, -0.15) is 0 Å². The minimum atomic E-state index is -0.437. The summed E-state index contributed by atoms with van der Waals surface area (Å²) in [5, 5.41) is 14.6. The summed E-state index contributed by atoms with van der Waals surface area (Å²) in [4.78, 5) is 39.9. The monoisotopic (exact) mass is 489 g/mol. The van der Waals surface area contributed by atoms with E-state index in [4.69, 9.17) is 11.6 Å². The van der Waals surface area contributed by atoms with Gasteiger partial charge in [0.2, 0.25) is 15.9 Å². The van der Waals surface area contributed by atoms with Crippen LogP contribution in [0.2, 0.25) is 5.02 Å². The number of halogens is 1. The number of likely N-dealkylation sites (tertiary alicyclic amines) is 1. The first kappa shape index (κ1) is 23.6. The van der Waals surface area contributed by atoms with Crippen molar-refractivity contribution in [1.82, 2.24) is 20.4 Å². The van der Waals surface area contributed by atoms with Crippen molar-refractivity contribution in [3.63, 3.8) is 0 Å². The summed E-state index contributed by atoms with van der Waals surface area (Å²) in [6, 6.07) is 6.95. The lowest BCUT2D eigenvalue weighted by Gasteiger charge is -2.32. The van der Waals surface area contributed by atoms with Gasteiger partial charge in [0, 0.05) is 29.8 Å². The molecule has 10 heteroatoms. The maximum atomic E-state index is 13.0. The number of nitrogens with zero attached hydrogens (tertiary/aromatic N) is 3. The number of nitrogens with one attached hydrogen (secondary N) is 2. The molecule has 1 aliphatic carbocycles. The smallest absolute Gasteiger partial charge is 0.286 e. The minimum Gasteiger partial charge on any atom is -0.353 e. The first-order valence-electron chi connectivity index (χ1n) is 11.5. The molecule has 33 heavy (non-hydrogen) atoms. The quantitative estimate of drug-likeness (QED) is 0.614. The van der Waals surface area contributed by atoms with Crippen LogP contribution in [0.25, 0.3) is 0 Å². The maximum absolute atomic E-state index is 13.0. The van der Waals surface area contributed by atoms with Crippen LogP contribution in [0.1, 0.15) is 71.0 Å². The molecule has 2 N–H and O–H groups in total. The van der Waals surface area contributed by atoms with Gasteiger partial charge in [0.1, 0.15) is 0 Å². The van der Waals surface area contributed by atoms with Crippen molar-refractivity contribution in [1.29, 1.82) is 0 Å². The van der Waals surface area contributed by atoms with Crippen LogP contribution in [-0.2, 0) is 4.79 Å². The van der Waals surface area contributed by atoms with E-state index in [2.05, 4.69) is 20.8 Å². The molecule has 1 saturated heterocycles. The zero-order valence-electron chi connectivity index (χ0n) is 18.4.